The highest BCUT2D eigenvalue weighted by Gasteiger charge is 2.21. The molecule has 0 saturated carbocycles. The Kier molecular flexibility index (Phi) is 3.66. The van der Waals surface area contributed by atoms with E-state index in [-0.39, 0.29) is 5.54 Å². The van der Waals surface area contributed by atoms with E-state index in [1.807, 2.05) is 11.3 Å². The summed E-state index contributed by atoms with van der Waals surface area (Å²) in [5.74, 6) is 0. The van der Waals surface area contributed by atoms with Gasteiger partial charge in [-0.25, -0.2) is 0 Å². The molecule has 0 N–H and O–H groups in total. The summed E-state index contributed by atoms with van der Waals surface area (Å²) in [6, 6.07) is 31.2. The lowest BCUT2D eigenvalue weighted by molar-refractivity contribution is 0.423. The van der Waals surface area contributed by atoms with E-state index in [0.29, 0.717) is 0 Å². The molecule has 0 unspecified atom stereocenters. The summed E-state index contributed by atoms with van der Waals surface area (Å²) < 4.78 is 5.20. The highest BCUT2D eigenvalue weighted by Crippen LogP contribution is 2.42. The van der Waals surface area contributed by atoms with Crippen LogP contribution in [-0.4, -0.2) is 4.57 Å². The third-order valence-electron chi connectivity index (χ3n) is 6.06. The van der Waals surface area contributed by atoms with Crippen LogP contribution in [0.5, 0.6) is 0 Å². The number of para-hydroxylation sites is 1. The minimum Gasteiger partial charge on any atom is -0.335 e. The quantitative estimate of drug-likeness (QED) is 0.258. The van der Waals surface area contributed by atoms with Crippen LogP contribution in [0.25, 0.3) is 53.1 Å². The van der Waals surface area contributed by atoms with Crippen LogP contribution in [0.2, 0.25) is 0 Å². The van der Waals surface area contributed by atoms with Crippen molar-refractivity contribution in [3.05, 3.63) is 84.9 Å². The van der Waals surface area contributed by atoms with E-state index in [0.717, 1.165) is 0 Å². The van der Waals surface area contributed by atoms with E-state index in [1.54, 1.807) is 0 Å². The Morgan fingerprint density at radius 3 is 2.17 bits per heavy atom. The second kappa shape index (κ2) is 6.20. The van der Waals surface area contributed by atoms with E-state index in [2.05, 4.69) is 110 Å². The summed E-state index contributed by atoms with van der Waals surface area (Å²) in [4.78, 5) is 0. The first kappa shape index (κ1) is 17.7. The van der Waals surface area contributed by atoms with Gasteiger partial charge in [0.2, 0.25) is 0 Å². The van der Waals surface area contributed by atoms with Crippen LogP contribution in [0, 0.1) is 0 Å². The molecule has 0 aliphatic heterocycles. The summed E-state index contributed by atoms with van der Waals surface area (Å²) in [6.45, 7) is 6.87. The molecule has 2 heterocycles. The molecule has 2 heteroatoms. The molecule has 0 atom stereocenters. The molecule has 30 heavy (non-hydrogen) atoms. The third kappa shape index (κ3) is 2.47. The number of hydrogen-bond donors (Lipinski definition) is 0. The normalized spacial score (nSPS) is 12.5. The number of hydrogen-bond acceptors (Lipinski definition) is 1. The van der Waals surface area contributed by atoms with Gasteiger partial charge in [0.25, 0.3) is 0 Å². The molecule has 0 spiro atoms. The Bertz CT molecular complexity index is 1570. The van der Waals surface area contributed by atoms with Crippen LogP contribution in [-0.2, 0) is 5.54 Å². The van der Waals surface area contributed by atoms with Gasteiger partial charge in [0.05, 0.1) is 5.52 Å². The van der Waals surface area contributed by atoms with Crippen molar-refractivity contribution >= 4 is 53.3 Å². The second-order valence-corrected chi connectivity index (χ2v) is 10.1. The minimum absolute atomic E-state index is 0.00106. The predicted octanol–water partition coefficient (Wildman–Crippen LogP) is 8.58. The van der Waals surface area contributed by atoms with Gasteiger partial charge in [-0.3, -0.25) is 0 Å². The molecule has 0 aliphatic rings. The van der Waals surface area contributed by atoms with Crippen molar-refractivity contribution in [2.24, 2.45) is 0 Å². The predicted molar refractivity (Wildman–Crippen MR) is 133 cm³/mol. The zero-order chi connectivity index (χ0) is 20.5. The zero-order valence-corrected chi connectivity index (χ0v) is 18.3. The first-order valence-electron chi connectivity index (χ1n) is 10.5. The molecule has 0 bridgehead atoms. The summed E-state index contributed by atoms with van der Waals surface area (Å²) in [6.07, 6.45) is 0. The molecule has 0 radical (unpaired) electrons. The van der Waals surface area contributed by atoms with Crippen LogP contribution in [0.1, 0.15) is 20.8 Å². The standard InChI is InChI=1S/C28H23NS/c1-28(2,3)29-23-12-6-4-9-20(23)21-16-15-18(17-24(21)29)19-11-8-14-26-27(19)22-10-5-7-13-25(22)30-26/h4-17H,1-3H3. The Morgan fingerprint density at radius 2 is 1.33 bits per heavy atom. The van der Waals surface area contributed by atoms with Gasteiger partial charge in [-0.15, -0.1) is 11.3 Å². The van der Waals surface area contributed by atoms with Gasteiger partial charge >= 0.3 is 0 Å². The first-order valence-corrected chi connectivity index (χ1v) is 11.3. The Morgan fingerprint density at radius 1 is 0.633 bits per heavy atom. The molecule has 146 valence electrons. The van der Waals surface area contributed by atoms with Crippen molar-refractivity contribution in [3.63, 3.8) is 0 Å². The maximum atomic E-state index is 2.49. The number of benzene rings is 4. The molecule has 1 nitrogen and oxygen atoms in total. The van der Waals surface area contributed by atoms with E-state index < -0.39 is 0 Å². The molecular formula is C28H23NS. The maximum Gasteiger partial charge on any atom is 0.0502 e. The van der Waals surface area contributed by atoms with Gasteiger partial charge in [0, 0.05) is 42.0 Å². The van der Waals surface area contributed by atoms with Gasteiger partial charge in [-0.1, -0.05) is 60.7 Å². The fraction of sp³-hybridized carbons (Fsp3) is 0.143. The Hall–Kier alpha value is -3.10. The van der Waals surface area contributed by atoms with Gasteiger partial charge < -0.3 is 4.57 Å². The van der Waals surface area contributed by atoms with Crippen LogP contribution in [0.15, 0.2) is 84.9 Å². The number of aromatic nitrogens is 1. The lowest BCUT2D eigenvalue weighted by Crippen LogP contribution is -2.21. The summed E-state index contributed by atoms with van der Waals surface area (Å²) in [7, 11) is 0. The van der Waals surface area contributed by atoms with E-state index in [9.17, 15) is 0 Å². The van der Waals surface area contributed by atoms with Crippen molar-refractivity contribution < 1.29 is 0 Å². The molecule has 6 rings (SSSR count). The van der Waals surface area contributed by atoms with Gasteiger partial charge in [-0.2, -0.15) is 0 Å². The number of fused-ring (bicyclic) bond motifs is 6. The molecule has 0 fully saturated rings. The lowest BCUT2D eigenvalue weighted by atomic mass is 9.98. The van der Waals surface area contributed by atoms with Gasteiger partial charge in [-0.05, 0) is 56.2 Å². The molecule has 2 aromatic heterocycles. The van der Waals surface area contributed by atoms with E-state index in [1.165, 1.54) is 53.1 Å². The summed E-state index contributed by atoms with van der Waals surface area (Å²) in [5, 5.41) is 5.38. The van der Waals surface area contributed by atoms with Crippen LogP contribution < -0.4 is 0 Å². The van der Waals surface area contributed by atoms with Gasteiger partial charge in [0.15, 0.2) is 0 Å². The second-order valence-electron chi connectivity index (χ2n) is 9.03. The summed E-state index contributed by atoms with van der Waals surface area (Å²) in [5.41, 5.74) is 5.21. The monoisotopic (exact) mass is 405 g/mol. The largest absolute Gasteiger partial charge is 0.335 e. The highest BCUT2D eigenvalue weighted by molar-refractivity contribution is 7.25. The summed E-state index contributed by atoms with van der Waals surface area (Å²) >= 11 is 1.88. The smallest absolute Gasteiger partial charge is 0.0502 e. The van der Waals surface area contributed by atoms with E-state index >= 15 is 0 Å². The SMILES string of the molecule is CC(C)(C)n1c2ccccc2c2ccc(-c3cccc4sc5ccccc5c34)cc21. The van der Waals surface area contributed by atoms with Crippen molar-refractivity contribution in [1.82, 2.24) is 4.57 Å². The van der Waals surface area contributed by atoms with Gasteiger partial charge in [0.1, 0.15) is 0 Å². The third-order valence-corrected chi connectivity index (χ3v) is 7.19. The minimum atomic E-state index is 0.00106. The topological polar surface area (TPSA) is 4.93 Å². The fourth-order valence-electron chi connectivity index (χ4n) is 4.88. The number of rotatable bonds is 1. The molecule has 4 aromatic carbocycles. The first-order chi connectivity index (χ1) is 14.5. The average molecular weight is 406 g/mol. The molecular weight excluding hydrogens is 382 g/mol. The van der Waals surface area contributed by atoms with Crippen LogP contribution in [0.3, 0.4) is 0 Å². The maximum absolute atomic E-state index is 2.49. The highest BCUT2D eigenvalue weighted by atomic mass is 32.1. The Balaban J connectivity index is 1.72. The molecule has 0 saturated heterocycles. The van der Waals surface area contributed by atoms with Crippen molar-refractivity contribution in [2.75, 3.05) is 0 Å². The number of nitrogens with zero attached hydrogens (tertiary/aromatic N) is 1. The zero-order valence-electron chi connectivity index (χ0n) is 17.4. The molecule has 6 aromatic rings. The number of thiophene rings is 1. The van der Waals surface area contributed by atoms with Crippen LogP contribution in [0.4, 0.5) is 0 Å². The Labute approximate surface area is 180 Å². The molecule has 0 aliphatic carbocycles. The van der Waals surface area contributed by atoms with Crippen molar-refractivity contribution in [3.8, 4) is 11.1 Å². The average Bonchev–Trinajstić information content (AvgIpc) is 3.28. The van der Waals surface area contributed by atoms with Crippen molar-refractivity contribution in [2.45, 2.75) is 26.3 Å². The van der Waals surface area contributed by atoms with Crippen molar-refractivity contribution in [1.29, 1.82) is 0 Å². The van der Waals surface area contributed by atoms with Crippen LogP contribution >= 0.6 is 11.3 Å². The van der Waals surface area contributed by atoms with E-state index in [4.69, 9.17) is 0 Å². The fourth-order valence-corrected chi connectivity index (χ4v) is 6.01. The molecule has 0 amide bonds. The lowest BCUT2D eigenvalue weighted by Gasteiger charge is -2.24.